The van der Waals surface area contributed by atoms with Crippen LogP contribution in [0.15, 0.2) is 36.4 Å². The molecule has 0 N–H and O–H groups in total. The number of ketones is 1. The van der Waals surface area contributed by atoms with Gasteiger partial charge in [-0.25, -0.2) is 0 Å². The number of benzene rings is 1. The lowest BCUT2D eigenvalue weighted by atomic mass is 10.1. The maximum Gasteiger partial charge on any atom is 0.177 e. The van der Waals surface area contributed by atoms with Crippen molar-refractivity contribution < 1.29 is 9.59 Å². The highest BCUT2D eigenvalue weighted by Gasteiger charge is 2.12. The van der Waals surface area contributed by atoms with Crippen molar-refractivity contribution in [3.63, 3.8) is 0 Å². The molecule has 0 aliphatic rings. The molecule has 2 aromatic rings. The number of carbonyl (C=O) groups excluding carboxylic acids is 2. The lowest BCUT2D eigenvalue weighted by molar-refractivity contribution is 0.0997. The molecular formula is C14H12O2S. The van der Waals surface area contributed by atoms with Crippen molar-refractivity contribution in [3.8, 4) is 0 Å². The minimum atomic E-state index is 0.0670. The molecule has 2 rings (SSSR count). The fourth-order valence-electron chi connectivity index (χ4n) is 1.62. The first-order valence-corrected chi connectivity index (χ1v) is 6.15. The summed E-state index contributed by atoms with van der Waals surface area (Å²) in [6.07, 6.45) is 1.18. The highest BCUT2D eigenvalue weighted by Crippen LogP contribution is 2.21. The standard InChI is InChI=1S/C14H12O2S/c1-10-12(9-15)8-14(17-10)13(16)7-11-5-3-2-4-6-11/h2-6,8-9H,7H2,1H3. The number of hydrogen-bond acceptors (Lipinski definition) is 3. The zero-order valence-corrected chi connectivity index (χ0v) is 10.3. The summed E-state index contributed by atoms with van der Waals surface area (Å²) in [6, 6.07) is 11.3. The van der Waals surface area contributed by atoms with Gasteiger partial charge in [-0.2, -0.15) is 0 Å². The summed E-state index contributed by atoms with van der Waals surface area (Å²) in [5, 5.41) is 0. The fourth-order valence-corrected chi connectivity index (χ4v) is 2.55. The first-order chi connectivity index (χ1) is 8.20. The molecule has 1 heterocycles. The Bertz CT molecular complexity index is 541. The van der Waals surface area contributed by atoms with Crippen molar-refractivity contribution in [1.82, 2.24) is 0 Å². The zero-order chi connectivity index (χ0) is 12.3. The molecule has 0 radical (unpaired) electrons. The number of aryl methyl sites for hydroxylation is 1. The molecule has 0 amide bonds. The van der Waals surface area contributed by atoms with Crippen LogP contribution in [0.1, 0.15) is 30.5 Å². The van der Waals surface area contributed by atoms with E-state index in [4.69, 9.17) is 0 Å². The van der Waals surface area contributed by atoms with Crippen molar-refractivity contribution in [2.24, 2.45) is 0 Å². The first kappa shape index (κ1) is 11.7. The summed E-state index contributed by atoms with van der Waals surface area (Å²) >= 11 is 1.39. The molecule has 0 spiro atoms. The van der Waals surface area contributed by atoms with Crippen LogP contribution >= 0.6 is 11.3 Å². The largest absolute Gasteiger partial charge is 0.298 e. The van der Waals surface area contributed by atoms with Crippen LogP contribution in [-0.4, -0.2) is 12.1 Å². The van der Waals surface area contributed by atoms with Gasteiger partial charge in [0.2, 0.25) is 0 Å². The average molecular weight is 244 g/mol. The molecule has 0 fully saturated rings. The van der Waals surface area contributed by atoms with E-state index in [9.17, 15) is 9.59 Å². The fraction of sp³-hybridized carbons (Fsp3) is 0.143. The number of aldehydes is 1. The van der Waals surface area contributed by atoms with Gasteiger partial charge in [0.15, 0.2) is 12.1 Å². The summed E-state index contributed by atoms with van der Waals surface area (Å²) in [7, 11) is 0. The first-order valence-electron chi connectivity index (χ1n) is 5.33. The smallest absolute Gasteiger partial charge is 0.177 e. The Labute approximate surface area is 104 Å². The Kier molecular flexibility index (Phi) is 3.49. The molecule has 0 atom stereocenters. The van der Waals surface area contributed by atoms with Crippen LogP contribution < -0.4 is 0 Å². The van der Waals surface area contributed by atoms with Crippen LogP contribution in [-0.2, 0) is 6.42 Å². The van der Waals surface area contributed by atoms with Crippen LogP contribution in [0.25, 0.3) is 0 Å². The molecule has 3 heteroatoms. The molecule has 0 saturated carbocycles. The third-order valence-electron chi connectivity index (χ3n) is 2.57. The Morgan fingerprint density at radius 3 is 2.59 bits per heavy atom. The van der Waals surface area contributed by atoms with Crippen molar-refractivity contribution in [2.75, 3.05) is 0 Å². The van der Waals surface area contributed by atoms with Crippen molar-refractivity contribution in [3.05, 3.63) is 57.3 Å². The summed E-state index contributed by atoms with van der Waals surface area (Å²) < 4.78 is 0. The molecule has 0 saturated heterocycles. The second-order valence-corrected chi connectivity index (χ2v) is 5.08. The van der Waals surface area contributed by atoms with Gasteiger partial charge in [0.05, 0.1) is 4.88 Å². The molecule has 0 aliphatic carbocycles. The number of Topliss-reactive ketones (excluding diaryl/α,β-unsaturated/α-hetero) is 1. The number of thiophene rings is 1. The van der Waals surface area contributed by atoms with E-state index < -0.39 is 0 Å². The molecule has 1 aromatic heterocycles. The van der Waals surface area contributed by atoms with Crippen molar-refractivity contribution in [2.45, 2.75) is 13.3 Å². The van der Waals surface area contributed by atoms with E-state index in [1.807, 2.05) is 37.3 Å². The number of carbonyl (C=O) groups is 2. The van der Waals surface area contributed by atoms with Crippen LogP contribution in [0.3, 0.4) is 0 Å². The van der Waals surface area contributed by atoms with Crippen molar-refractivity contribution >= 4 is 23.4 Å². The molecular weight excluding hydrogens is 232 g/mol. The second-order valence-electron chi connectivity index (χ2n) is 3.83. The Morgan fingerprint density at radius 2 is 2.00 bits per heavy atom. The zero-order valence-electron chi connectivity index (χ0n) is 9.47. The van der Waals surface area contributed by atoms with Crippen molar-refractivity contribution in [1.29, 1.82) is 0 Å². The minimum Gasteiger partial charge on any atom is -0.298 e. The van der Waals surface area contributed by atoms with E-state index >= 15 is 0 Å². The van der Waals surface area contributed by atoms with Gasteiger partial charge in [-0.3, -0.25) is 9.59 Å². The summed E-state index contributed by atoms with van der Waals surface area (Å²) in [6.45, 7) is 1.85. The normalized spacial score (nSPS) is 10.2. The lowest BCUT2D eigenvalue weighted by Gasteiger charge is -1.97. The van der Waals surface area contributed by atoms with Gasteiger partial charge < -0.3 is 0 Å². The SMILES string of the molecule is Cc1sc(C(=O)Cc2ccccc2)cc1C=O. The predicted molar refractivity (Wildman–Crippen MR) is 68.9 cm³/mol. The molecule has 86 valence electrons. The van der Waals surface area contributed by atoms with E-state index in [1.54, 1.807) is 6.07 Å². The lowest BCUT2D eigenvalue weighted by Crippen LogP contribution is -2.00. The Morgan fingerprint density at radius 1 is 1.29 bits per heavy atom. The topological polar surface area (TPSA) is 34.1 Å². The van der Waals surface area contributed by atoms with E-state index in [2.05, 4.69) is 0 Å². The van der Waals surface area contributed by atoms with Crippen LogP contribution in [0.5, 0.6) is 0 Å². The Balaban J connectivity index is 2.17. The highest BCUT2D eigenvalue weighted by molar-refractivity contribution is 7.14. The number of rotatable bonds is 4. The highest BCUT2D eigenvalue weighted by atomic mass is 32.1. The molecule has 0 unspecified atom stereocenters. The van der Waals surface area contributed by atoms with Gasteiger partial charge in [0, 0.05) is 16.9 Å². The van der Waals surface area contributed by atoms with Gasteiger partial charge in [0.1, 0.15) is 0 Å². The van der Waals surface area contributed by atoms with Gasteiger partial charge >= 0.3 is 0 Å². The molecule has 0 bridgehead atoms. The molecule has 0 aliphatic heterocycles. The van der Waals surface area contributed by atoms with E-state index in [0.717, 1.165) is 16.7 Å². The monoisotopic (exact) mass is 244 g/mol. The second kappa shape index (κ2) is 5.06. The average Bonchev–Trinajstić information content (AvgIpc) is 2.72. The molecule has 2 nitrogen and oxygen atoms in total. The van der Waals surface area contributed by atoms with Gasteiger partial charge in [-0.15, -0.1) is 11.3 Å². The maximum absolute atomic E-state index is 12.0. The molecule has 17 heavy (non-hydrogen) atoms. The van der Waals surface area contributed by atoms with E-state index in [1.165, 1.54) is 11.3 Å². The van der Waals surface area contributed by atoms with Gasteiger partial charge in [0.25, 0.3) is 0 Å². The summed E-state index contributed by atoms with van der Waals surface area (Å²) in [4.78, 5) is 24.3. The summed E-state index contributed by atoms with van der Waals surface area (Å²) in [5.74, 6) is 0.0670. The van der Waals surface area contributed by atoms with E-state index in [-0.39, 0.29) is 5.78 Å². The Hall–Kier alpha value is -1.74. The predicted octanol–water partition coefficient (Wildman–Crippen LogP) is 3.29. The summed E-state index contributed by atoms with van der Waals surface area (Å²) in [5.41, 5.74) is 1.61. The third kappa shape index (κ3) is 2.68. The van der Waals surface area contributed by atoms with Gasteiger partial charge in [-0.05, 0) is 18.6 Å². The van der Waals surface area contributed by atoms with E-state index in [0.29, 0.717) is 16.9 Å². The maximum atomic E-state index is 12.0. The molecule has 1 aromatic carbocycles. The van der Waals surface area contributed by atoms with Crippen LogP contribution in [0, 0.1) is 6.92 Å². The van der Waals surface area contributed by atoms with Crippen LogP contribution in [0.2, 0.25) is 0 Å². The van der Waals surface area contributed by atoms with Gasteiger partial charge in [-0.1, -0.05) is 30.3 Å². The quantitative estimate of drug-likeness (QED) is 0.611. The number of hydrogen-bond donors (Lipinski definition) is 0. The van der Waals surface area contributed by atoms with Crippen LogP contribution in [0.4, 0.5) is 0 Å². The third-order valence-corrected chi connectivity index (χ3v) is 3.67. The minimum absolute atomic E-state index is 0.0670.